The first kappa shape index (κ1) is 19.0. The molecule has 146 valence electrons. The molecular formula is C19H22N6O3. The molecule has 1 amide bonds. The number of hydrogen-bond donors (Lipinski definition) is 4. The zero-order valence-electron chi connectivity index (χ0n) is 15.9. The highest BCUT2D eigenvalue weighted by Gasteiger charge is 2.19. The maximum atomic E-state index is 12.0. The van der Waals surface area contributed by atoms with Crippen LogP contribution >= 0.6 is 0 Å². The molecule has 0 saturated heterocycles. The molecule has 9 heteroatoms. The van der Waals surface area contributed by atoms with Gasteiger partial charge in [-0.2, -0.15) is 5.10 Å². The lowest BCUT2D eigenvalue weighted by molar-refractivity contribution is 0.100. The number of pyridine rings is 1. The lowest BCUT2D eigenvalue weighted by Gasteiger charge is -2.14. The van der Waals surface area contributed by atoms with Crippen molar-refractivity contribution < 1.29 is 14.3 Å². The molecule has 2 aromatic heterocycles. The standard InChI is InChI=1S/C19H22N6O3/c1-11-12(6-7-14(27-2)16(11)28-3)9-22-18-15(17(20)26)19(25-24-18)23-13-5-4-8-21-10-13/h4-8,10H,9H2,1-3H3,(H2,20,26)(H3,22,23,24,25). The Labute approximate surface area is 162 Å². The summed E-state index contributed by atoms with van der Waals surface area (Å²) >= 11 is 0. The second-order valence-corrected chi connectivity index (χ2v) is 5.99. The number of H-pyrrole nitrogens is 1. The number of ether oxygens (including phenoxy) is 2. The van der Waals surface area contributed by atoms with Gasteiger partial charge >= 0.3 is 0 Å². The number of aromatic nitrogens is 3. The summed E-state index contributed by atoms with van der Waals surface area (Å²) in [6.07, 6.45) is 3.29. The number of nitrogens with two attached hydrogens (primary N) is 1. The van der Waals surface area contributed by atoms with Gasteiger partial charge in [0.1, 0.15) is 11.4 Å². The highest BCUT2D eigenvalue weighted by molar-refractivity contribution is 6.03. The van der Waals surface area contributed by atoms with E-state index in [4.69, 9.17) is 15.2 Å². The highest BCUT2D eigenvalue weighted by Crippen LogP contribution is 2.33. The molecular weight excluding hydrogens is 360 g/mol. The van der Waals surface area contributed by atoms with Crippen LogP contribution < -0.4 is 25.8 Å². The van der Waals surface area contributed by atoms with Crippen LogP contribution in [0, 0.1) is 6.92 Å². The number of hydrogen-bond acceptors (Lipinski definition) is 7. The zero-order valence-corrected chi connectivity index (χ0v) is 15.9. The lowest BCUT2D eigenvalue weighted by Crippen LogP contribution is -2.15. The van der Waals surface area contributed by atoms with Crippen molar-refractivity contribution in [2.24, 2.45) is 5.73 Å². The van der Waals surface area contributed by atoms with Gasteiger partial charge in [0.15, 0.2) is 17.3 Å². The number of amides is 1. The largest absolute Gasteiger partial charge is 0.493 e. The smallest absolute Gasteiger partial charge is 0.256 e. The fraction of sp³-hybridized carbons (Fsp3) is 0.211. The molecule has 9 nitrogen and oxygen atoms in total. The summed E-state index contributed by atoms with van der Waals surface area (Å²) in [6.45, 7) is 2.36. The molecule has 3 rings (SSSR count). The van der Waals surface area contributed by atoms with Gasteiger partial charge in [-0.15, -0.1) is 0 Å². The Morgan fingerprint density at radius 1 is 1.25 bits per heavy atom. The molecule has 0 bridgehead atoms. The van der Waals surface area contributed by atoms with Crippen LogP contribution in [0.4, 0.5) is 17.3 Å². The number of carbonyl (C=O) groups is 1. The van der Waals surface area contributed by atoms with Crippen LogP contribution in [0.2, 0.25) is 0 Å². The Hall–Kier alpha value is -3.75. The van der Waals surface area contributed by atoms with Gasteiger partial charge in [0.05, 0.1) is 26.1 Å². The second-order valence-electron chi connectivity index (χ2n) is 5.99. The molecule has 0 aliphatic rings. The van der Waals surface area contributed by atoms with Gasteiger partial charge in [0, 0.05) is 12.7 Å². The Morgan fingerprint density at radius 2 is 2.07 bits per heavy atom. The Kier molecular flexibility index (Phi) is 5.64. The summed E-state index contributed by atoms with van der Waals surface area (Å²) in [4.78, 5) is 16.0. The van der Waals surface area contributed by atoms with Crippen LogP contribution in [0.5, 0.6) is 11.5 Å². The van der Waals surface area contributed by atoms with Crippen LogP contribution in [-0.4, -0.2) is 35.3 Å². The van der Waals surface area contributed by atoms with E-state index in [0.29, 0.717) is 35.4 Å². The predicted molar refractivity (Wildman–Crippen MR) is 106 cm³/mol. The molecule has 0 atom stereocenters. The number of anilines is 3. The lowest BCUT2D eigenvalue weighted by atomic mass is 10.1. The topological polar surface area (TPSA) is 127 Å². The molecule has 0 fully saturated rings. The molecule has 0 aliphatic heterocycles. The van der Waals surface area contributed by atoms with E-state index in [2.05, 4.69) is 25.8 Å². The first-order valence-corrected chi connectivity index (χ1v) is 8.54. The van der Waals surface area contributed by atoms with Crippen molar-refractivity contribution in [3.63, 3.8) is 0 Å². The van der Waals surface area contributed by atoms with Gasteiger partial charge in [0.2, 0.25) is 0 Å². The van der Waals surface area contributed by atoms with Crippen molar-refractivity contribution in [3.05, 3.63) is 53.3 Å². The van der Waals surface area contributed by atoms with Crippen molar-refractivity contribution in [2.45, 2.75) is 13.5 Å². The van der Waals surface area contributed by atoms with Gasteiger partial charge in [-0.05, 0) is 36.2 Å². The van der Waals surface area contributed by atoms with E-state index in [1.165, 1.54) is 0 Å². The normalized spacial score (nSPS) is 10.4. The maximum Gasteiger partial charge on any atom is 0.256 e. The van der Waals surface area contributed by atoms with Crippen molar-refractivity contribution in [1.29, 1.82) is 0 Å². The zero-order chi connectivity index (χ0) is 20.1. The minimum absolute atomic E-state index is 0.238. The first-order chi connectivity index (χ1) is 13.5. The Balaban J connectivity index is 1.83. The number of methoxy groups -OCH3 is 2. The summed E-state index contributed by atoms with van der Waals surface area (Å²) in [6, 6.07) is 7.35. The minimum atomic E-state index is -0.605. The summed E-state index contributed by atoms with van der Waals surface area (Å²) in [5, 5.41) is 13.2. The van der Waals surface area contributed by atoms with Crippen molar-refractivity contribution in [3.8, 4) is 11.5 Å². The SMILES string of the molecule is COc1ccc(CNc2n[nH]c(Nc3cccnc3)c2C(N)=O)c(C)c1OC. The minimum Gasteiger partial charge on any atom is -0.493 e. The number of rotatable bonds is 8. The number of primary amides is 1. The van der Waals surface area contributed by atoms with E-state index in [9.17, 15) is 4.79 Å². The van der Waals surface area contributed by atoms with E-state index in [1.54, 1.807) is 32.7 Å². The van der Waals surface area contributed by atoms with E-state index < -0.39 is 5.91 Å². The summed E-state index contributed by atoms with van der Waals surface area (Å²) in [5.41, 5.74) is 8.41. The predicted octanol–water partition coefficient (Wildman–Crippen LogP) is 2.58. The third-order valence-electron chi connectivity index (χ3n) is 4.30. The first-order valence-electron chi connectivity index (χ1n) is 8.54. The number of nitrogens with zero attached hydrogens (tertiary/aromatic N) is 2. The molecule has 0 unspecified atom stereocenters. The average molecular weight is 382 g/mol. The molecule has 0 aliphatic carbocycles. The van der Waals surface area contributed by atoms with Gasteiger partial charge in [-0.25, -0.2) is 0 Å². The van der Waals surface area contributed by atoms with Crippen LogP contribution in [0.3, 0.4) is 0 Å². The third kappa shape index (κ3) is 3.83. The monoisotopic (exact) mass is 382 g/mol. The highest BCUT2D eigenvalue weighted by atomic mass is 16.5. The number of nitrogens with one attached hydrogen (secondary N) is 3. The van der Waals surface area contributed by atoms with Gasteiger partial charge in [-0.3, -0.25) is 14.9 Å². The molecule has 3 aromatic rings. The molecule has 5 N–H and O–H groups in total. The van der Waals surface area contributed by atoms with Crippen LogP contribution in [0.25, 0.3) is 0 Å². The summed E-state index contributed by atoms with van der Waals surface area (Å²) in [7, 11) is 3.19. The second kappa shape index (κ2) is 8.30. The van der Waals surface area contributed by atoms with Crippen LogP contribution in [0.1, 0.15) is 21.5 Å². The fourth-order valence-electron chi connectivity index (χ4n) is 2.87. The van der Waals surface area contributed by atoms with E-state index in [0.717, 1.165) is 11.1 Å². The number of benzene rings is 1. The molecule has 28 heavy (non-hydrogen) atoms. The Bertz CT molecular complexity index is 971. The number of aromatic amines is 1. The summed E-state index contributed by atoms with van der Waals surface area (Å²) in [5.74, 6) is 1.47. The van der Waals surface area contributed by atoms with Gasteiger partial charge in [0.25, 0.3) is 5.91 Å². The van der Waals surface area contributed by atoms with Gasteiger partial charge < -0.3 is 25.8 Å². The Morgan fingerprint density at radius 3 is 2.71 bits per heavy atom. The molecule has 0 saturated carbocycles. The van der Waals surface area contributed by atoms with Gasteiger partial charge in [-0.1, -0.05) is 6.07 Å². The quantitative estimate of drug-likeness (QED) is 0.471. The van der Waals surface area contributed by atoms with Crippen molar-refractivity contribution >= 4 is 23.2 Å². The summed E-state index contributed by atoms with van der Waals surface area (Å²) < 4.78 is 10.7. The molecule has 0 spiro atoms. The van der Waals surface area contributed by atoms with Crippen LogP contribution in [-0.2, 0) is 6.54 Å². The molecule has 1 aromatic carbocycles. The third-order valence-corrected chi connectivity index (χ3v) is 4.30. The van der Waals surface area contributed by atoms with E-state index in [-0.39, 0.29) is 5.56 Å². The molecule has 2 heterocycles. The average Bonchev–Trinajstić information content (AvgIpc) is 3.10. The van der Waals surface area contributed by atoms with Crippen molar-refractivity contribution in [2.75, 3.05) is 24.9 Å². The van der Waals surface area contributed by atoms with Crippen LogP contribution in [0.15, 0.2) is 36.7 Å². The van der Waals surface area contributed by atoms with E-state index >= 15 is 0 Å². The maximum absolute atomic E-state index is 12.0. The van der Waals surface area contributed by atoms with E-state index in [1.807, 2.05) is 25.1 Å². The van der Waals surface area contributed by atoms with Crippen molar-refractivity contribution in [1.82, 2.24) is 15.2 Å². The molecule has 0 radical (unpaired) electrons. The fourth-order valence-corrected chi connectivity index (χ4v) is 2.87. The number of carbonyl (C=O) groups excluding carboxylic acids is 1.